The van der Waals surface area contributed by atoms with Gasteiger partial charge >= 0.3 is 0 Å². The van der Waals surface area contributed by atoms with Crippen molar-refractivity contribution in [2.45, 2.75) is 117 Å². The maximum Gasteiger partial charge on any atom is 0.222 e. The maximum absolute atomic E-state index is 12.1. The molecule has 2 saturated heterocycles. The van der Waals surface area contributed by atoms with E-state index in [1.807, 2.05) is 0 Å². The molecule has 1 unspecified atom stereocenters. The second kappa shape index (κ2) is 13.7. The Morgan fingerprint density at radius 3 is 2.00 bits per heavy atom. The van der Waals surface area contributed by atoms with Gasteiger partial charge in [0.05, 0.1) is 0 Å². The summed E-state index contributed by atoms with van der Waals surface area (Å²) in [7, 11) is 0. The molecule has 1 spiro atoms. The van der Waals surface area contributed by atoms with Crippen LogP contribution in [0.2, 0.25) is 0 Å². The van der Waals surface area contributed by atoms with Crippen molar-refractivity contribution in [3.8, 4) is 0 Å². The lowest BCUT2D eigenvalue weighted by molar-refractivity contribution is -0.136. The Labute approximate surface area is 182 Å². The predicted octanol–water partition coefficient (Wildman–Crippen LogP) is 6.66. The summed E-state index contributed by atoms with van der Waals surface area (Å²) in [5.74, 6) is 1.35. The average Bonchev–Trinajstić information content (AvgIpc) is 2.70. The van der Waals surface area contributed by atoms with Crippen molar-refractivity contribution in [3.05, 3.63) is 0 Å². The Morgan fingerprint density at radius 1 is 0.793 bits per heavy atom. The molecule has 1 amide bonds. The SMILES string of the molecule is CCCCCCC(CCCCC)CCCN1CC2(CCN(C(=O)CCC)CC2)C1. The summed E-state index contributed by atoms with van der Waals surface area (Å²) < 4.78 is 0. The van der Waals surface area contributed by atoms with Gasteiger partial charge in [-0.15, -0.1) is 0 Å². The summed E-state index contributed by atoms with van der Waals surface area (Å²) in [5.41, 5.74) is 0.545. The summed E-state index contributed by atoms with van der Waals surface area (Å²) in [6, 6.07) is 0. The number of likely N-dealkylation sites (tertiary alicyclic amines) is 2. The first-order valence-corrected chi connectivity index (χ1v) is 13.1. The second-order valence-electron chi connectivity index (χ2n) is 10.2. The normalized spacial score (nSPS) is 20.0. The lowest BCUT2D eigenvalue weighted by Crippen LogP contribution is -2.60. The Hall–Kier alpha value is -0.570. The molecule has 0 saturated carbocycles. The molecule has 170 valence electrons. The van der Waals surface area contributed by atoms with Crippen LogP contribution in [0.25, 0.3) is 0 Å². The van der Waals surface area contributed by atoms with E-state index in [0.717, 1.165) is 31.8 Å². The number of amides is 1. The molecule has 0 aliphatic carbocycles. The maximum atomic E-state index is 12.1. The van der Waals surface area contributed by atoms with Gasteiger partial charge in [0, 0.05) is 32.6 Å². The van der Waals surface area contributed by atoms with Gasteiger partial charge in [0.1, 0.15) is 0 Å². The van der Waals surface area contributed by atoms with Gasteiger partial charge < -0.3 is 9.80 Å². The lowest BCUT2D eigenvalue weighted by atomic mass is 9.72. The molecule has 2 fully saturated rings. The van der Waals surface area contributed by atoms with E-state index in [0.29, 0.717) is 11.3 Å². The van der Waals surface area contributed by atoms with Gasteiger partial charge in [-0.2, -0.15) is 0 Å². The molecule has 0 aromatic carbocycles. The first-order valence-electron chi connectivity index (χ1n) is 13.1. The number of unbranched alkanes of at least 4 members (excludes halogenated alkanes) is 5. The largest absolute Gasteiger partial charge is 0.343 e. The number of carbonyl (C=O) groups is 1. The molecule has 2 rings (SSSR count). The molecule has 3 nitrogen and oxygen atoms in total. The molecule has 2 heterocycles. The van der Waals surface area contributed by atoms with Crippen molar-refractivity contribution in [1.29, 1.82) is 0 Å². The van der Waals surface area contributed by atoms with Crippen molar-refractivity contribution in [2.24, 2.45) is 11.3 Å². The minimum atomic E-state index is 0.381. The third kappa shape index (κ3) is 8.59. The number of carbonyl (C=O) groups excluding carboxylic acids is 1. The molecule has 0 radical (unpaired) electrons. The van der Waals surface area contributed by atoms with E-state index in [1.165, 1.54) is 103 Å². The van der Waals surface area contributed by atoms with E-state index in [1.54, 1.807) is 0 Å². The van der Waals surface area contributed by atoms with E-state index in [-0.39, 0.29) is 0 Å². The first kappa shape index (κ1) is 24.7. The number of rotatable bonds is 15. The molecule has 2 aliphatic rings. The summed E-state index contributed by atoms with van der Waals surface area (Å²) in [4.78, 5) is 16.9. The average molecular weight is 407 g/mol. The molecule has 0 N–H and O–H groups in total. The number of piperidine rings is 1. The Kier molecular flexibility index (Phi) is 11.6. The quantitative estimate of drug-likeness (QED) is 0.284. The molecule has 0 bridgehead atoms. The van der Waals surface area contributed by atoms with Crippen molar-refractivity contribution >= 4 is 5.91 Å². The van der Waals surface area contributed by atoms with Crippen LogP contribution < -0.4 is 0 Å². The van der Waals surface area contributed by atoms with Crippen molar-refractivity contribution in [1.82, 2.24) is 9.80 Å². The molecule has 3 heteroatoms. The zero-order valence-electron chi connectivity index (χ0n) is 20.0. The fourth-order valence-electron chi connectivity index (χ4n) is 5.56. The highest BCUT2D eigenvalue weighted by Crippen LogP contribution is 2.40. The summed E-state index contributed by atoms with van der Waals surface area (Å²) in [6.07, 6.45) is 19.8. The molecule has 29 heavy (non-hydrogen) atoms. The van der Waals surface area contributed by atoms with Crippen LogP contribution in [-0.4, -0.2) is 48.4 Å². The van der Waals surface area contributed by atoms with Crippen LogP contribution in [0.15, 0.2) is 0 Å². The second-order valence-corrected chi connectivity index (χ2v) is 10.2. The predicted molar refractivity (Wildman–Crippen MR) is 125 cm³/mol. The topological polar surface area (TPSA) is 23.6 Å². The van der Waals surface area contributed by atoms with Crippen molar-refractivity contribution in [3.63, 3.8) is 0 Å². The summed E-state index contributed by atoms with van der Waals surface area (Å²) >= 11 is 0. The molecule has 0 aromatic heterocycles. The Bertz CT molecular complexity index is 434. The highest BCUT2D eigenvalue weighted by molar-refractivity contribution is 5.76. The van der Waals surface area contributed by atoms with Gasteiger partial charge in [-0.05, 0) is 50.0 Å². The van der Waals surface area contributed by atoms with E-state index < -0.39 is 0 Å². The van der Waals surface area contributed by atoms with Crippen LogP contribution in [0.3, 0.4) is 0 Å². The zero-order chi connectivity index (χ0) is 21.0. The molecule has 0 aromatic rings. The van der Waals surface area contributed by atoms with Crippen LogP contribution in [0.1, 0.15) is 117 Å². The number of nitrogens with zero attached hydrogens (tertiary/aromatic N) is 2. The van der Waals surface area contributed by atoms with E-state index in [9.17, 15) is 4.79 Å². The van der Waals surface area contributed by atoms with Gasteiger partial charge in [-0.1, -0.05) is 78.6 Å². The molecule has 2 aliphatic heterocycles. The van der Waals surface area contributed by atoms with Crippen molar-refractivity contribution < 1.29 is 4.79 Å². The minimum Gasteiger partial charge on any atom is -0.343 e. The molecular weight excluding hydrogens is 356 g/mol. The van der Waals surface area contributed by atoms with Crippen LogP contribution >= 0.6 is 0 Å². The standard InChI is InChI=1S/C26H50N2O/c1-4-7-9-11-15-24(14-10-8-5-2)16-12-19-27-22-26(23-27)17-20-28(21-18-26)25(29)13-6-3/h24H,4-23H2,1-3H3. The van der Waals surface area contributed by atoms with Gasteiger partial charge in [-0.25, -0.2) is 0 Å². The van der Waals surface area contributed by atoms with Gasteiger partial charge in [0.25, 0.3) is 0 Å². The molecule has 1 atom stereocenters. The monoisotopic (exact) mass is 406 g/mol. The van der Waals surface area contributed by atoms with Gasteiger partial charge in [-0.3, -0.25) is 4.79 Å². The molecular formula is C26H50N2O. The number of hydrogen-bond donors (Lipinski definition) is 0. The third-order valence-corrected chi connectivity index (χ3v) is 7.53. The fourth-order valence-corrected chi connectivity index (χ4v) is 5.56. The Balaban J connectivity index is 1.60. The van der Waals surface area contributed by atoms with Crippen LogP contribution in [-0.2, 0) is 4.79 Å². The van der Waals surface area contributed by atoms with E-state index in [2.05, 4.69) is 30.6 Å². The lowest BCUT2D eigenvalue weighted by Gasteiger charge is -2.54. The van der Waals surface area contributed by atoms with Crippen LogP contribution in [0.4, 0.5) is 0 Å². The smallest absolute Gasteiger partial charge is 0.222 e. The van der Waals surface area contributed by atoms with Gasteiger partial charge in [0.15, 0.2) is 0 Å². The van der Waals surface area contributed by atoms with Gasteiger partial charge in [0.2, 0.25) is 5.91 Å². The summed E-state index contributed by atoms with van der Waals surface area (Å²) in [5, 5.41) is 0. The van der Waals surface area contributed by atoms with E-state index in [4.69, 9.17) is 0 Å². The zero-order valence-corrected chi connectivity index (χ0v) is 20.0. The van der Waals surface area contributed by atoms with Crippen LogP contribution in [0, 0.1) is 11.3 Å². The first-order chi connectivity index (χ1) is 14.1. The summed E-state index contributed by atoms with van der Waals surface area (Å²) in [6.45, 7) is 12.6. The fraction of sp³-hybridized carbons (Fsp3) is 0.962. The van der Waals surface area contributed by atoms with Crippen LogP contribution in [0.5, 0.6) is 0 Å². The third-order valence-electron chi connectivity index (χ3n) is 7.53. The Morgan fingerprint density at radius 2 is 1.38 bits per heavy atom. The van der Waals surface area contributed by atoms with Crippen molar-refractivity contribution in [2.75, 3.05) is 32.7 Å². The minimum absolute atomic E-state index is 0.381. The highest BCUT2D eigenvalue weighted by Gasteiger charge is 2.44. The van der Waals surface area contributed by atoms with E-state index >= 15 is 0 Å². The highest BCUT2D eigenvalue weighted by atomic mass is 16.2. The number of hydrogen-bond acceptors (Lipinski definition) is 2.